The van der Waals surface area contributed by atoms with Crippen LogP contribution in [0, 0.1) is 12.7 Å². The predicted octanol–water partition coefficient (Wildman–Crippen LogP) is 4.80. The zero-order chi connectivity index (χ0) is 14.0. The first kappa shape index (κ1) is 14.0. The van der Waals surface area contributed by atoms with Gasteiger partial charge >= 0.3 is 0 Å². The van der Waals surface area contributed by atoms with E-state index in [0.717, 1.165) is 5.56 Å². The van der Waals surface area contributed by atoms with Crippen LogP contribution in [-0.2, 0) is 0 Å². The summed E-state index contributed by atoms with van der Waals surface area (Å²) >= 11 is 9.19. The van der Waals surface area contributed by atoms with Crippen molar-refractivity contribution in [2.75, 3.05) is 5.32 Å². The summed E-state index contributed by atoms with van der Waals surface area (Å²) in [6.45, 7) is 1.76. The van der Waals surface area contributed by atoms with E-state index < -0.39 is 11.7 Å². The largest absolute Gasteiger partial charge is 0.321 e. The van der Waals surface area contributed by atoms with Gasteiger partial charge in [-0.15, -0.1) is 0 Å². The fraction of sp³-hybridized carbons (Fsp3) is 0.0714. The molecule has 2 aromatic carbocycles. The normalized spacial score (nSPS) is 10.3. The summed E-state index contributed by atoms with van der Waals surface area (Å²) in [5, 5.41) is 3.09. The summed E-state index contributed by atoms with van der Waals surface area (Å²) in [6, 6.07) is 9.54. The predicted molar refractivity (Wildman–Crippen MR) is 78.2 cm³/mol. The van der Waals surface area contributed by atoms with Crippen molar-refractivity contribution in [3.8, 4) is 0 Å². The summed E-state index contributed by atoms with van der Waals surface area (Å²) in [6.07, 6.45) is 0. The number of halogens is 3. The molecule has 0 fully saturated rings. The number of hydrogen-bond acceptors (Lipinski definition) is 1. The number of benzene rings is 2. The second-order valence-corrected chi connectivity index (χ2v) is 5.24. The van der Waals surface area contributed by atoms with Crippen molar-refractivity contribution >= 4 is 39.1 Å². The van der Waals surface area contributed by atoms with E-state index in [0.29, 0.717) is 15.2 Å². The van der Waals surface area contributed by atoms with E-state index >= 15 is 0 Å². The van der Waals surface area contributed by atoms with Crippen molar-refractivity contribution in [1.82, 2.24) is 0 Å². The Kier molecular flexibility index (Phi) is 4.22. The van der Waals surface area contributed by atoms with Crippen LogP contribution in [0.3, 0.4) is 0 Å². The number of carbonyl (C=O) groups is 1. The molecule has 0 saturated heterocycles. The van der Waals surface area contributed by atoms with Gasteiger partial charge in [0.15, 0.2) is 0 Å². The molecule has 1 N–H and O–H groups in total. The van der Waals surface area contributed by atoms with Gasteiger partial charge in [0.25, 0.3) is 5.91 Å². The minimum atomic E-state index is -0.546. The molecule has 0 heterocycles. The Bertz CT molecular complexity index is 645. The second-order valence-electron chi connectivity index (χ2n) is 4.04. The SMILES string of the molecule is Cc1ccc(C(=O)Nc2cccc(Cl)c2Br)c(F)c1. The Morgan fingerprint density at radius 2 is 2.05 bits per heavy atom. The van der Waals surface area contributed by atoms with Crippen LogP contribution in [0.5, 0.6) is 0 Å². The molecule has 0 unspecified atom stereocenters. The first-order chi connectivity index (χ1) is 8.99. The van der Waals surface area contributed by atoms with Crippen molar-refractivity contribution in [1.29, 1.82) is 0 Å². The molecule has 2 aromatic rings. The summed E-state index contributed by atoms with van der Waals surface area (Å²) in [4.78, 5) is 12.0. The highest BCUT2D eigenvalue weighted by Gasteiger charge is 2.13. The van der Waals surface area contributed by atoms with Gasteiger partial charge in [0.1, 0.15) is 5.82 Å². The highest BCUT2D eigenvalue weighted by Crippen LogP contribution is 2.30. The van der Waals surface area contributed by atoms with Crippen molar-refractivity contribution in [2.24, 2.45) is 0 Å². The monoisotopic (exact) mass is 341 g/mol. The van der Waals surface area contributed by atoms with Crippen LogP contribution in [0.2, 0.25) is 5.02 Å². The molecule has 2 rings (SSSR count). The third kappa shape index (κ3) is 3.14. The Hall–Kier alpha value is -1.39. The quantitative estimate of drug-likeness (QED) is 0.834. The van der Waals surface area contributed by atoms with E-state index in [-0.39, 0.29) is 5.56 Å². The maximum absolute atomic E-state index is 13.7. The highest BCUT2D eigenvalue weighted by molar-refractivity contribution is 9.10. The maximum atomic E-state index is 13.7. The molecule has 19 heavy (non-hydrogen) atoms. The molecule has 0 aliphatic heterocycles. The van der Waals surface area contributed by atoms with E-state index in [1.54, 1.807) is 31.2 Å². The van der Waals surface area contributed by atoms with E-state index in [2.05, 4.69) is 21.2 Å². The summed E-state index contributed by atoms with van der Waals surface area (Å²) < 4.78 is 14.3. The van der Waals surface area contributed by atoms with Gasteiger partial charge in [0, 0.05) is 0 Å². The van der Waals surface area contributed by atoms with Crippen LogP contribution >= 0.6 is 27.5 Å². The third-order valence-electron chi connectivity index (χ3n) is 2.57. The Morgan fingerprint density at radius 3 is 2.74 bits per heavy atom. The lowest BCUT2D eigenvalue weighted by atomic mass is 10.1. The summed E-state index contributed by atoms with van der Waals surface area (Å²) in [5.74, 6) is -1.06. The molecule has 0 bridgehead atoms. The van der Waals surface area contributed by atoms with Crippen molar-refractivity contribution in [2.45, 2.75) is 6.92 Å². The topological polar surface area (TPSA) is 29.1 Å². The molecule has 0 spiro atoms. The molecule has 2 nitrogen and oxygen atoms in total. The van der Waals surface area contributed by atoms with E-state index in [9.17, 15) is 9.18 Å². The van der Waals surface area contributed by atoms with Gasteiger partial charge in [-0.05, 0) is 52.7 Å². The molecule has 5 heteroatoms. The minimum absolute atomic E-state index is 0.00234. The molecule has 98 valence electrons. The van der Waals surface area contributed by atoms with Gasteiger partial charge in [0.05, 0.1) is 20.7 Å². The first-order valence-electron chi connectivity index (χ1n) is 5.50. The van der Waals surface area contributed by atoms with E-state index in [4.69, 9.17) is 11.6 Å². The molecule has 1 amide bonds. The molecule has 0 radical (unpaired) electrons. The van der Waals surface area contributed by atoms with Crippen LogP contribution in [0.4, 0.5) is 10.1 Å². The fourth-order valence-electron chi connectivity index (χ4n) is 1.59. The summed E-state index contributed by atoms with van der Waals surface area (Å²) in [7, 11) is 0. The van der Waals surface area contributed by atoms with Crippen LogP contribution in [0.1, 0.15) is 15.9 Å². The van der Waals surface area contributed by atoms with Crippen LogP contribution in [0.15, 0.2) is 40.9 Å². The second kappa shape index (κ2) is 5.72. The highest BCUT2D eigenvalue weighted by atomic mass is 79.9. The van der Waals surface area contributed by atoms with Crippen molar-refractivity contribution < 1.29 is 9.18 Å². The van der Waals surface area contributed by atoms with Crippen molar-refractivity contribution in [3.05, 3.63) is 62.8 Å². The average molecular weight is 343 g/mol. The minimum Gasteiger partial charge on any atom is -0.321 e. The number of hydrogen-bond donors (Lipinski definition) is 1. The van der Waals surface area contributed by atoms with Gasteiger partial charge in [-0.3, -0.25) is 4.79 Å². The van der Waals surface area contributed by atoms with Gasteiger partial charge in [-0.1, -0.05) is 23.7 Å². The number of anilines is 1. The average Bonchev–Trinajstić information content (AvgIpc) is 2.34. The molecule has 0 aromatic heterocycles. The molecule has 0 aliphatic rings. The Morgan fingerprint density at radius 1 is 1.32 bits per heavy atom. The standard InChI is InChI=1S/C14H10BrClFNO/c1-8-5-6-9(11(17)7-8)14(19)18-12-4-2-3-10(16)13(12)15/h2-7H,1H3,(H,18,19). The van der Waals surface area contributed by atoms with Crippen molar-refractivity contribution in [3.63, 3.8) is 0 Å². The van der Waals surface area contributed by atoms with Gasteiger partial charge < -0.3 is 5.32 Å². The van der Waals surface area contributed by atoms with Gasteiger partial charge in [0.2, 0.25) is 0 Å². The zero-order valence-corrected chi connectivity index (χ0v) is 12.3. The maximum Gasteiger partial charge on any atom is 0.258 e. The molecular weight excluding hydrogens is 333 g/mol. The zero-order valence-electron chi connectivity index (χ0n) is 10.0. The van der Waals surface area contributed by atoms with Gasteiger partial charge in [-0.2, -0.15) is 0 Å². The molecule has 0 atom stereocenters. The molecular formula is C14H10BrClFNO. The third-order valence-corrected chi connectivity index (χ3v) is 3.97. The lowest BCUT2D eigenvalue weighted by molar-refractivity contribution is 0.102. The van der Waals surface area contributed by atoms with Crippen LogP contribution < -0.4 is 5.32 Å². The fourth-order valence-corrected chi connectivity index (χ4v) is 2.13. The number of amides is 1. The molecule has 0 aliphatic carbocycles. The number of aryl methyl sites for hydroxylation is 1. The lowest BCUT2D eigenvalue weighted by Crippen LogP contribution is -2.14. The van der Waals surface area contributed by atoms with Crippen LogP contribution in [0.25, 0.3) is 0 Å². The lowest BCUT2D eigenvalue weighted by Gasteiger charge is -2.09. The Labute approximate surface area is 123 Å². The first-order valence-corrected chi connectivity index (χ1v) is 6.67. The van der Waals surface area contributed by atoms with Gasteiger partial charge in [-0.25, -0.2) is 4.39 Å². The number of carbonyl (C=O) groups excluding carboxylic acids is 1. The summed E-state index contributed by atoms with van der Waals surface area (Å²) in [5.41, 5.74) is 1.26. The number of rotatable bonds is 2. The van der Waals surface area contributed by atoms with E-state index in [1.807, 2.05) is 0 Å². The van der Waals surface area contributed by atoms with E-state index in [1.165, 1.54) is 12.1 Å². The smallest absolute Gasteiger partial charge is 0.258 e. The molecule has 0 saturated carbocycles. The number of nitrogens with one attached hydrogen (secondary N) is 1. The Balaban J connectivity index is 2.28. The van der Waals surface area contributed by atoms with Crippen LogP contribution in [-0.4, -0.2) is 5.91 Å².